The van der Waals surface area contributed by atoms with Gasteiger partial charge in [0.15, 0.2) is 5.58 Å². The molecule has 0 saturated carbocycles. The zero-order valence-corrected chi connectivity index (χ0v) is 26.1. The lowest BCUT2D eigenvalue weighted by Gasteiger charge is -2.26. The second-order valence-corrected chi connectivity index (χ2v) is 12.0. The normalized spacial score (nSPS) is 11.3. The SMILES string of the molecule is c1ccc(-c2cccc(N(c3ccc(-c4cccc5nc(-c6cccc7ccccc67)oc45)cc3)c3ccc4ccccc4c3)c2)cc1. The Morgan fingerprint density at radius 2 is 1.04 bits per heavy atom. The van der Waals surface area contributed by atoms with Crippen LogP contribution in [0.2, 0.25) is 0 Å². The number of nitrogens with zero attached hydrogens (tertiary/aromatic N) is 2. The molecule has 8 aromatic carbocycles. The molecule has 0 bridgehead atoms. The van der Waals surface area contributed by atoms with Crippen LogP contribution >= 0.6 is 0 Å². The van der Waals surface area contributed by atoms with E-state index >= 15 is 0 Å². The molecule has 9 rings (SSSR count). The molecule has 226 valence electrons. The fraction of sp³-hybridized carbons (Fsp3) is 0. The molecule has 0 amide bonds. The van der Waals surface area contributed by atoms with Gasteiger partial charge in [-0.3, -0.25) is 0 Å². The van der Waals surface area contributed by atoms with E-state index in [0.29, 0.717) is 5.89 Å². The third kappa shape index (κ3) is 4.99. The van der Waals surface area contributed by atoms with Gasteiger partial charge in [-0.2, -0.15) is 0 Å². The zero-order valence-electron chi connectivity index (χ0n) is 26.1. The smallest absolute Gasteiger partial charge is 0.227 e. The Balaban J connectivity index is 1.14. The van der Waals surface area contributed by atoms with Crippen LogP contribution < -0.4 is 4.90 Å². The number of oxazole rings is 1. The molecule has 0 spiro atoms. The van der Waals surface area contributed by atoms with Gasteiger partial charge < -0.3 is 9.32 Å². The number of hydrogen-bond donors (Lipinski definition) is 0. The van der Waals surface area contributed by atoms with E-state index in [-0.39, 0.29) is 0 Å². The molecule has 1 heterocycles. The molecule has 0 saturated heterocycles. The lowest BCUT2D eigenvalue weighted by molar-refractivity contribution is 0.621. The Labute approximate surface area is 279 Å². The van der Waals surface area contributed by atoms with Crippen LogP contribution in [0, 0.1) is 0 Å². The molecule has 0 fully saturated rings. The molecule has 0 atom stereocenters. The summed E-state index contributed by atoms with van der Waals surface area (Å²) in [7, 11) is 0. The van der Waals surface area contributed by atoms with E-state index in [9.17, 15) is 0 Å². The van der Waals surface area contributed by atoms with Crippen molar-refractivity contribution >= 4 is 49.7 Å². The first-order valence-electron chi connectivity index (χ1n) is 16.2. The Kier molecular flexibility index (Phi) is 6.80. The quantitative estimate of drug-likeness (QED) is 0.187. The van der Waals surface area contributed by atoms with Gasteiger partial charge in [0.2, 0.25) is 5.89 Å². The molecule has 3 nitrogen and oxygen atoms in total. The van der Waals surface area contributed by atoms with Gasteiger partial charge in [-0.25, -0.2) is 4.98 Å². The second-order valence-electron chi connectivity index (χ2n) is 12.0. The van der Waals surface area contributed by atoms with E-state index in [1.807, 2.05) is 6.07 Å². The number of para-hydroxylation sites is 1. The highest BCUT2D eigenvalue weighted by molar-refractivity contribution is 5.98. The number of aromatic nitrogens is 1. The number of hydrogen-bond acceptors (Lipinski definition) is 3. The summed E-state index contributed by atoms with van der Waals surface area (Å²) in [5.74, 6) is 0.631. The van der Waals surface area contributed by atoms with Crippen LogP contribution in [-0.4, -0.2) is 4.98 Å². The van der Waals surface area contributed by atoms with Gasteiger partial charge in [-0.1, -0.05) is 133 Å². The summed E-state index contributed by atoms with van der Waals surface area (Å²) in [5.41, 5.74) is 10.3. The molecule has 0 unspecified atom stereocenters. The van der Waals surface area contributed by atoms with Crippen molar-refractivity contribution in [2.24, 2.45) is 0 Å². The van der Waals surface area contributed by atoms with E-state index < -0.39 is 0 Å². The number of fused-ring (bicyclic) bond motifs is 3. The fourth-order valence-electron chi connectivity index (χ4n) is 6.71. The Morgan fingerprint density at radius 3 is 1.92 bits per heavy atom. The van der Waals surface area contributed by atoms with Crippen molar-refractivity contribution in [3.8, 4) is 33.7 Å². The lowest BCUT2D eigenvalue weighted by atomic mass is 10.0. The summed E-state index contributed by atoms with van der Waals surface area (Å²) in [4.78, 5) is 7.26. The molecule has 48 heavy (non-hydrogen) atoms. The molecular weight excluding hydrogens is 585 g/mol. The summed E-state index contributed by atoms with van der Waals surface area (Å²) in [6.07, 6.45) is 0. The van der Waals surface area contributed by atoms with Crippen molar-refractivity contribution in [3.63, 3.8) is 0 Å². The Morgan fingerprint density at radius 1 is 0.396 bits per heavy atom. The maximum absolute atomic E-state index is 6.54. The van der Waals surface area contributed by atoms with Gasteiger partial charge in [0.1, 0.15) is 5.52 Å². The van der Waals surface area contributed by atoms with Crippen molar-refractivity contribution < 1.29 is 4.42 Å². The molecule has 3 heteroatoms. The van der Waals surface area contributed by atoms with Crippen LogP contribution in [0.3, 0.4) is 0 Å². The van der Waals surface area contributed by atoms with Crippen molar-refractivity contribution in [1.82, 2.24) is 4.98 Å². The first-order valence-corrected chi connectivity index (χ1v) is 16.2. The topological polar surface area (TPSA) is 29.3 Å². The molecule has 0 aliphatic heterocycles. The van der Waals surface area contributed by atoms with Crippen molar-refractivity contribution in [1.29, 1.82) is 0 Å². The van der Waals surface area contributed by atoms with Gasteiger partial charge in [0.25, 0.3) is 0 Å². The molecule has 9 aromatic rings. The van der Waals surface area contributed by atoms with Gasteiger partial charge in [0, 0.05) is 28.2 Å². The van der Waals surface area contributed by atoms with E-state index in [0.717, 1.165) is 50.2 Å². The summed E-state index contributed by atoms with van der Waals surface area (Å²) < 4.78 is 6.54. The largest absolute Gasteiger partial charge is 0.435 e. The van der Waals surface area contributed by atoms with Crippen LogP contribution in [-0.2, 0) is 0 Å². The average molecular weight is 615 g/mol. The Bertz CT molecular complexity index is 2560. The van der Waals surface area contributed by atoms with Crippen LogP contribution in [0.4, 0.5) is 17.1 Å². The highest BCUT2D eigenvalue weighted by Crippen LogP contribution is 2.40. The van der Waals surface area contributed by atoms with Crippen molar-refractivity contribution in [2.45, 2.75) is 0 Å². The summed E-state index contributed by atoms with van der Waals surface area (Å²) >= 11 is 0. The molecule has 0 N–H and O–H groups in total. The third-order valence-corrected chi connectivity index (χ3v) is 9.07. The number of anilines is 3. The monoisotopic (exact) mass is 614 g/mol. The molecular formula is C45H30N2O. The van der Waals surface area contributed by atoms with Crippen LogP contribution in [0.25, 0.3) is 66.4 Å². The average Bonchev–Trinajstić information content (AvgIpc) is 3.60. The fourth-order valence-corrected chi connectivity index (χ4v) is 6.71. The van der Waals surface area contributed by atoms with Gasteiger partial charge in [-0.15, -0.1) is 0 Å². The minimum absolute atomic E-state index is 0.631. The first-order chi connectivity index (χ1) is 23.8. The lowest BCUT2D eigenvalue weighted by Crippen LogP contribution is -2.10. The highest BCUT2D eigenvalue weighted by atomic mass is 16.3. The second kappa shape index (κ2) is 11.7. The molecule has 0 aliphatic rings. The minimum atomic E-state index is 0.631. The maximum atomic E-state index is 6.54. The number of rotatable bonds is 6. The predicted molar refractivity (Wildman–Crippen MR) is 200 cm³/mol. The van der Waals surface area contributed by atoms with Crippen molar-refractivity contribution in [2.75, 3.05) is 4.90 Å². The van der Waals surface area contributed by atoms with E-state index in [1.54, 1.807) is 0 Å². The van der Waals surface area contributed by atoms with Crippen LogP contribution in [0.1, 0.15) is 0 Å². The minimum Gasteiger partial charge on any atom is -0.435 e. The van der Waals surface area contributed by atoms with E-state index in [4.69, 9.17) is 9.40 Å². The maximum Gasteiger partial charge on any atom is 0.227 e. The summed E-state index contributed by atoms with van der Waals surface area (Å²) in [6.45, 7) is 0. The predicted octanol–water partition coefficient (Wildman–Crippen LogP) is 12.6. The first kappa shape index (κ1) is 27.8. The number of benzene rings is 8. The van der Waals surface area contributed by atoms with Crippen LogP contribution in [0.15, 0.2) is 186 Å². The standard InChI is InChI=1S/C45H30N2O/c1-2-11-31(12-3-1)36-17-8-18-38(29-36)47(39-28-23-32-13-4-5-15-35(32)30-39)37-26-24-34(25-27-37)41-20-10-22-43-44(41)48-45(46-43)42-21-9-16-33-14-6-7-19-40(33)42/h1-30H. The summed E-state index contributed by atoms with van der Waals surface area (Å²) in [5, 5.41) is 4.72. The van der Waals surface area contributed by atoms with E-state index in [1.165, 1.54) is 27.3 Å². The van der Waals surface area contributed by atoms with Gasteiger partial charge in [-0.05, 0) is 86.8 Å². The highest BCUT2D eigenvalue weighted by Gasteiger charge is 2.17. The van der Waals surface area contributed by atoms with Crippen molar-refractivity contribution in [3.05, 3.63) is 182 Å². The van der Waals surface area contributed by atoms with Crippen LogP contribution in [0.5, 0.6) is 0 Å². The van der Waals surface area contributed by atoms with Gasteiger partial charge >= 0.3 is 0 Å². The molecule has 0 aliphatic carbocycles. The Hall–Kier alpha value is -6.45. The third-order valence-electron chi connectivity index (χ3n) is 9.07. The zero-order chi connectivity index (χ0) is 31.9. The van der Waals surface area contributed by atoms with E-state index in [2.05, 4.69) is 181 Å². The molecule has 0 radical (unpaired) electrons. The summed E-state index contributed by atoms with van der Waals surface area (Å²) in [6, 6.07) is 64.0. The molecule has 1 aromatic heterocycles. The van der Waals surface area contributed by atoms with Gasteiger partial charge in [0.05, 0.1) is 0 Å².